The Labute approximate surface area is 136 Å². The Morgan fingerprint density at radius 1 is 1.30 bits per heavy atom. The van der Waals surface area contributed by atoms with E-state index in [1.165, 1.54) is 0 Å². The maximum absolute atomic E-state index is 11.7. The number of nitrogens with one attached hydrogen (secondary N) is 2. The number of alkyl carbamates (subject to hydrolysis) is 1. The molecule has 1 aliphatic carbocycles. The lowest BCUT2D eigenvalue weighted by molar-refractivity contribution is 0.0475. The van der Waals surface area contributed by atoms with Crippen LogP contribution >= 0.6 is 0 Å². The number of benzene rings is 1. The summed E-state index contributed by atoms with van der Waals surface area (Å²) in [6.07, 6.45) is 1.27. The molecule has 6 heteroatoms. The Bertz CT molecular complexity index is 610. The first-order chi connectivity index (χ1) is 10.8. The van der Waals surface area contributed by atoms with Crippen LogP contribution in [0.1, 0.15) is 39.2 Å². The zero-order chi connectivity index (χ0) is 17.0. The summed E-state index contributed by atoms with van der Waals surface area (Å²) in [4.78, 5) is 11.7. The van der Waals surface area contributed by atoms with Crippen LogP contribution in [0, 0.1) is 11.3 Å². The third-order valence-corrected chi connectivity index (χ3v) is 3.55. The van der Waals surface area contributed by atoms with E-state index in [1.807, 2.05) is 26.8 Å². The fourth-order valence-corrected chi connectivity index (χ4v) is 2.43. The van der Waals surface area contributed by atoms with Gasteiger partial charge in [0.25, 0.3) is 0 Å². The largest absolute Gasteiger partial charge is 0.495 e. The fourth-order valence-electron chi connectivity index (χ4n) is 2.43. The number of anilines is 1. The molecule has 2 rings (SSSR count). The van der Waals surface area contributed by atoms with Gasteiger partial charge in [-0.15, -0.1) is 0 Å². The van der Waals surface area contributed by atoms with Gasteiger partial charge in [0.1, 0.15) is 11.4 Å². The van der Waals surface area contributed by atoms with Gasteiger partial charge in [-0.3, -0.25) is 0 Å². The predicted molar refractivity (Wildman–Crippen MR) is 87.5 cm³/mol. The summed E-state index contributed by atoms with van der Waals surface area (Å²) in [7, 11) is 1.58. The minimum absolute atomic E-state index is 0.117. The van der Waals surface area contributed by atoms with Crippen molar-refractivity contribution in [2.75, 3.05) is 12.4 Å². The van der Waals surface area contributed by atoms with E-state index >= 15 is 0 Å². The molecule has 23 heavy (non-hydrogen) atoms. The van der Waals surface area contributed by atoms with Crippen LogP contribution in [0.15, 0.2) is 18.2 Å². The molecule has 6 nitrogen and oxygen atoms in total. The third kappa shape index (κ3) is 4.78. The van der Waals surface area contributed by atoms with Crippen molar-refractivity contribution in [1.82, 2.24) is 5.32 Å². The second kappa shape index (κ2) is 6.78. The van der Waals surface area contributed by atoms with Crippen molar-refractivity contribution in [3.8, 4) is 11.8 Å². The molecule has 0 bridgehead atoms. The normalized spacial score (nSPS) is 20.0. The zero-order valence-electron chi connectivity index (χ0n) is 14.0. The number of nitriles is 1. The van der Waals surface area contributed by atoms with E-state index in [4.69, 9.17) is 14.7 Å². The first-order valence-electron chi connectivity index (χ1n) is 7.65. The van der Waals surface area contributed by atoms with E-state index in [9.17, 15) is 4.79 Å². The van der Waals surface area contributed by atoms with Gasteiger partial charge in [-0.25, -0.2) is 4.79 Å². The predicted octanol–water partition coefficient (Wildman–Crippen LogP) is 3.03. The smallest absolute Gasteiger partial charge is 0.407 e. The molecule has 1 aromatic rings. The van der Waals surface area contributed by atoms with E-state index in [0.29, 0.717) is 11.3 Å². The van der Waals surface area contributed by atoms with Crippen LogP contribution in [-0.2, 0) is 4.74 Å². The average Bonchev–Trinajstić information content (AvgIpc) is 2.43. The van der Waals surface area contributed by atoms with Gasteiger partial charge in [0.05, 0.1) is 24.4 Å². The first-order valence-corrected chi connectivity index (χ1v) is 7.65. The van der Waals surface area contributed by atoms with Crippen molar-refractivity contribution < 1.29 is 14.3 Å². The standard InChI is InChI=1S/C17H23N3O3/c1-17(2,3)23-16(21)20-13-8-12(9-13)19-14-6-5-11(10-18)7-15(14)22-4/h5-7,12-13,19H,8-9H2,1-4H3,(H,20,21). The molecule has 1 fully saturated rings. The molecule has 1 amide bonds. The lowest BCUT2D eigenvalue weighted by Crippen LogP contribution is -2.50. The summed E-state index contributed by atoms with van der Waals surface area (Å²) < 4.78 is 10.5. The van der Waals surface area contributed by atoms with Crippen LogP contribution in [0.5, 0.6) is 5.75 Å². The zero-order valence-corrected chi connectivity index (χ0v) is 14.0. The number of nitrogens with zero attached hydrogens (tertiary/aromatic N) is 1. The topological polar surface area (TPSA) is 83.4 Å². The van der Waals surface area contributed by atoms with Crippen molar-refractivity contribution in [1.29, 1.82) is 5.26 Å². The van der Waals surface area contributed by atoms with E-state index < -0.39 is 5.60 Å². The Balaban J connectivity index is 1.82. The van der Waals surface area contributed by atoms with Gasteiger partial charge < -0.3 is 20.1 Å². The van der Waals surface area contributed by atoms with Crippen molar-refractivity contribution in [2.45, 2.75) is 51.3 Å². The molecule has 1 aromatic carbocycles. The molecule has 0 spiro atoms. The number of ether oxygens (including phenoxy) is 2. The summed E-state index contributed by atoms with van der Waals surface area (Å²) >= 11 is 0. The molecule has 0 atom stereocenters. The highest BCUT2D eigenvalue weighted by atomic mass is 16.6. The lowest BCUT2D eigenvalue weighted by atomic mass is 9.86. The molecule has 1 saturated carbocycles. The maximum Gasteiger partial charge on any atom is 0.407 e. The molecule has 1 aliphatic rings. The highest BCUT2D eigenvalue weighted by Crippen LogP contribution is 2.30. The highest BCUT2D eigenvalue weighted by molar-refractivity contribution is 5.68. The number of methoxy groups -OCH3 is 1. The molecule has 0 saturated heterocycles. The molecule has 0 heterocycles. The first kappa shape index (κ1) is 16.9. The minimum Gasteiger partial charge on any atom is -0.495 e. The van der Waals surface area contributed by atoms with Gasteiger partial charge in [-0.2, -0.15) is 5.26 Å². The van der Waals surface area contributed by atoms with Gasteiger partial charge in [0.15, 0.2) is 0 Å². The van der Waals surface area contributed by atoms with Crippen molar-refractivity contribution >= 4 is 11.8 Å². The van der Waals surface area contributed by atoms with Gasteiger partial charge in [0, 0.05) is 18.2 Å². The van der Waals surface area contributed by atoms with Crippen molar-refractivity contribution in [3.05, 3.63) is 23.8 Å². The van der Waals surface area contributed by atoms with Gasteiger partial charge in [-0.1, -0.05) is 0 Å². The summed E-state index contributed by atoms with van der Waals surface area (Å²) in [5, 5.41) is 15.1. The van der Waals surface area contributed by atoms with Crippen LogP contribution in [0.2, 0.25) is 0 Å². The van der Waals surface area contributed by atoms with Crippen LogP contribution in [0.25, 0.3) is 0 Å². The van der Waals surface area contributed by atoms with E-state index in [1.54, 1.807) is 19.2 Å². The Kier molecular flexibility index (Phi) is 4.99. The van der Waals surface area contributed by atoms with Crippen LogP contribution in [0.4, 0.5) is 10.5 Å². The second-order valence-electron chi connectivity index (χ2n) is 6.68. The minimum atomic E-state index is -0.485. The van der Waals surface area contributed by atoms with Crippen molar-refractivity contribution in [3.63, 3.8) is 0 Å². The monoisotopic (exact) mass is 317 g/mol. The molecular formula is C17H23N3O3. The Morgan fingerprint density at radius 3 is 2.57 bits per heavy atom. The summed E-state index contributed by atoms with van der Waals surface area (Å²) in [6.45, 7) is 5.53. The SMILES string of the molecule is COc1cc(C#N)ccc1NC1CC(NC(=O)OC(C)(C)C)C1. The third-order valence-electron chi connectivity index (χ3n) is 3.55. The van der Waals surface area contributed by atoms with Crippen molar-refractivity contribution in [2.24, 2.45) is 0 Å². The number of carbonyl (C=O) groups excluding carboxylic acids is 1. The lowest BCUT2D eigenvalue weighted by Gasteiger charge is -2.37. The van der Waals surface area contributed by atoms with Crippen LogP contribution in [0.3, 0.4) is 0 Å². The summed E-state index contributed by atoms with van der Waals surface area (Å²) in [6, 6.07) is 7.76. The molecule has 0 aliphatic heterocycles. The fraction of sp³-hybridized carbons (Fsp3) is 0.529. The molecule has 2 N–H and O–H groups in total. The number of hydrogen-bond donors (Lipinski definition) is 2. The Morgan fingerprint density at radius 2 is 2.00 bits per heavy atom. The average molecular weight is 317 g/mol. The highest BCUT2D eigenvalue weighted by Gasteiger charge is 2.32. The van der Waals surface area contributed by atoms with E-state index in [-0.39, 0.29) is 18.2 Å². The number of carbonyl (C=O) groups is 1. The molecule has 0 unspecified atom stereocenters. The van der Waals surface area contributed by atoms with Gasteiger partial charge in [-0.05, 0) is 45.7 Å². The van der Waals surface area contributed by atoms with Gasteiger partial charge in [0.2, 0.25) is 0 Å². The Hall–Kier alpha value is -2.42. The number of rotatable bonds is 4. The van der Waals surface area contributed by atoms with Crippen LogP contribution < -0.4 is 15.4 Å². The number of hydrogen-bond acceptors (Lipinski definition) is 5. The van der Waals surface area contributed by atoms with E-state index in [0.717, 1.165) is 18.5 Å². The molecule has 124 valence electrons. The quantitative estimate of drug-likeness (QED) is 0.892. The molecule has 0 radical (unpaired) electrons. The maximum atomic E-state index is 11.7. The second-order valence-corrected chi connectivity index (χ2v) is 6.68. The van der Waals surface area contributed by atoms with Crippen LogP contribution in [-0.4, -0.2) is 30.9 Å². The number of amides is 1. The summed E-state index contributed by atoms with van der Waals surface area (Å²) in [5.41, 5.74) is 0.930. The van der Waals surface area contributed by atoms with Gasteiger partial charge >= 0.3 is 6.09 Å². The summed E-state index contributed by atoms with van der Waals surface area (Å²) in [5.74, 6) is 0.646. The molecular weight excluding hydrogens is 294 g/mol. The molecule has 0 aromatic heterocycles. The van der Waals surface area contributed by atoms with E-state index in [2.05, 4.69) is 16.7 Å².